The Bertz CT molecular complexity index is 1280. The highest BCUT2D eigenvalue weighted by molar-refractivity contribution is 6.10. The Morgan fingerprint density at radius 3 is 2.46 bits per heavy atom. The monoisotopic (exact) mass is 468 g/mol. The van der Waals surface area contributed by atoms with E-state index in [4.69, 9.17) is 4.74 Å². The molecule has 1 aromatic heterocycles. The van der Waals surface area contributed by atoms with Crippen LogP contribution in [0.5, 0.6) is 5.75 Å². The highest BCUT2D eigenvalue weighted by atomic mass is 16.5. The van der Waals surface area contributed by atoms with Gasteiger partial charge >= 0.3 is 0 Å². The van der Waals surface area contributed by atoms with Crippen LogP contribution in [-0.4, -0.2) is 47.1 Å². The van der Waals surface area contributed by atoms with E-state index >= 15 is 0 Å². The molecule has 0 unspecified atom stereocenters. The zero-order valence-electron chi connectivity index (χ0n) is 20.1. The molecule has 5 nitrogen and oxygen atoms in total. The van der Waals surface area contributed by atoms with Crippen LogP contribution >= 0.6 is 0 Å². The van der Waals surface area contributed by atoms with Crippen LogP contribution in [0.1, 0.15) is 40.4 Å². The number of H-pyrrole nitrogens is 1. The molecule has 2 heterocycles. The van der Waals surface area contributed by atoms with E-state index in [1.807, 2.05) is 48.5 Å². The molecule has 0 radical (unpaired) electrons. The second-order valence-corrected chi connectivity index (χ2v) is 9.41. The van der Waals surface area contributed by atoms with Gasteiger partial charge in [-0.25, -0.2) is 0 Å². The first-order valence-electron chi connectivity index (χ1n) is 12.3. The molecule has 2 atom stereocenters. The van der Waals surface area contributed by atoms with Gasteiger partial charge in [-0.3, -0.25) is 9.69 Å². The van der Waals surface area contributed by atoms with Crippen molar-refractivity contribution < 1.29 is 14.6 Å². The second kappa shape index (κ2) is 10.5. The molecule has 5 rings (SSSR count). The fourth-order valence-corrected chi connectivity index (χ4v) is 5.44. The fourth-order valence-electron chi connectivity index (χ4n) is 5.44. The molecule has 0 aliphatic carbocycles. The standard InChI is InChI=1S/C30H32N2O3/c1-35-27-14-8-6-12-24(27)28(30(34)29(33)25-20-31-26-13-7-5-11-23(25)26)32-17-15-22(16-18-32)19-21-9-3-2-4-10-21/h2-14,20,22,28,30-31,34H,15-19H2,1H3/t28-,30-/m1/s1. The van der Waals surface area contributed by atoms with Crippen molar-refractivity contribution in [3.05, 3.63) is 102 Å². The zero-order chi connectivity index (χ0) is 24.2. The third-order valence-corrected chi connectivity index (χ3v) is 7.29. The lowest BCUT2D eigenvalue weighted by Gasteiger charge is -2.40. The molecule has 0 spiro atoms. The number of carbonyl (C=O) groups excluding carboxylic acids is 1. The van der Waals surface area contributed by atoms with E-state index in [0.29, 0.717) is 17.2 Å². The van der Waals surface area contributed by atoms with Gasteiger partial charge < -0.3 is 14.8 Å². The summed E-state index contributed by atoms with van der Waals surface area (Å²) >= 11 is 0. The fraction of sp³-hybridized carbons (Fsp3) is 0.300. The number of aliphatic hydroxyl groups is 1. The maximum Gasteiger partial charge on any atom is 0.195 e. The second-order valence-electron chi connectivity index (χ2n) is 9.41. The number of methoxy groups -OCH3 is 1. The van der Waals surface area contributed by atoms with Gasteiger partial charge in [-0.1, -0.05) is 66.7 Å². The Morgan fingerprint density at radius 1 is 1.00 bits per heavy atom. The van der Waals surface area contributed by atoms with E-state index in [9.17, 15) is 9.90 Å². The van der Waals surface area contributed by atoms with Crippen molar-refractivity contribution in [3.8, 4) is 5.75 Å². The summed E-state index contributed by atoms with van der Waals surface area (Å²) in [5.74, 6) is 1.01. The normalized spacial score (nSPS) is 16.7. The molecule has 1 aliphatic rings. The van der Waals surface area contributed by atoms with Crippen molar-refractivity contribution in [2.45, 2.75) is 31.4 Å². The number of ketones is 1. The SMILES string of the molecule is COc1ccccc1[C@H]([C@@H](O)C(=O)c1c[nH]c2ccccc12)N1CCC(Cc2ccccc2)CC1. The first-order chi connectivity index (χ1) is 17.2. The molecule has 35 heavy (non-hydrogen) atoms. The first-order valence-corrected chi connectivity index (χ1v) is 12.3. The van der Waals surface area contributed by atoms with E-state index in [2.05, 4.69) is 40.2 Å². The summed E-state index contributed by atoms with van der Waals surface area (Å²) < 4.78 is 5.65. The average Bonchev–Trinajstić information content (AvgIpc) is 3.34. The number of aliphatic hydroxyl groups excluding tert-OH is 1. The molecular weight excluding hydrogens is 436 g/mol. The third-order valence-electron chi connectivity index (χ3n) is 7.29. The van der Waals surface area contributed by atoms with Gasteiger partial charge in [0.15, 0.2) is 5.78 Å². The number of Topliss-reactive ketones (excluding diaryl/α,β-unsaturated/α-hetero) is 1. The predicted octanol–water partition coefficient (Wildman–Crippen LogP) is 5.42. The largest absolute Gasteiger partial charge is 0.496 e. The van der Waals surface area contributed by atoms with Gasteiger partial charge in [0.05, 0.1) is 13.2 Å². The summed E-state index contributed by atoms with van der Waals surface area (Å²) in [6, 6.07) is 25.5. The lowest BCUT2D eigenvalue weighted by Crippen LogP contribution is -2.44. The average molecular weight is 469 g/mol. The smallest absolute Gasteiger partial charge is 0.195 e. The van der Waals surface area contributed by atoms with Gasteiger partial charge in [-0.2, -0.15) is 0 Å². The number of aromatic amines is 1. The zero-order valence-corrected chi connectivity index (χ0v) is 20.1. The molecule has 3 aromatic carbocycles. The molecular formula is C30H32N2O3. The number of likely N-dealkylation sites (tertiary alicyclic amines) is 1. The number of aromatic nitrogens is 1. The van der Waals surface area contributed by atoms with Crippen LogP contribution in [0.2, 0.25) is 0 Å². The van der Waals surface area contributed by atoms with Crippen LogP contribution in [-0.2, 0) is 6.42 Å². The number of para-hydroxylation sites is 2. The van der Waals surface area contributed by atoms with E-state index < -0.39 is 12.1 Å². The van der Waals surface area contributed by atoms with Gasteiger partial charge in [0.2, 0.25) is 0 Å². The number of piperidine rings is 1. The molecule has 1 fully saturated rings. The van der Waals surface area contributed by atoms with Gasteiger partial charge in [0, 0.05) is 28.2 Å². The summed E-state index contributed by atoms with van der Waals surface area (Å²) in [4.78, 5) is 19.1. The Hall–Kier alpha value is -3.41. The minimum Gasteiger partial charge on any atom is -0.496 e. The van der Waals surface area contributed by atoms with Crippen molar-refractivity contribution >= 4 is 16.7 Å². The molecule has 4 aromatic rings. The summed E-state index contributed by atoms with van der Waals surface area (Å²) in [6.07, 6.45) is 3.60. The summed E-state index contributed by atoms with van der Waals surface area (Å²) in [7, 11) is 1.63. The number of fused-ring (bicyclic) bond motifs is 1. The minimum atomic E-state index is -1.21. The van der Waals surface area contributed by atoms with E-state index in [1.165, 1.54) is 5.56 Å². The number of benzene rings is 3. The van der Waals surface area contributed by atoms with Crippen LogP contribution < -0.4 is 4.74 Å². The van der Waals surface area contributed by atoms with Crippen molar-refractivity contribution in [2.75, 3.05) is 20.2 Å². The minimum absolute atomic E-state index is 0.273. The first kappa shape index (κ1) is 23.3. The van der Waals surface area contributed by atoms with E-state index in [0.717, 1.165) is 48.8 Å². The van der Waals surface area contributed by atoms with Crippen molar-refractivity contribution in [2.24, 2.45) is 5.92 Å². The highest BCUT2D eigenvalue weighted by Crippen LogP contribution is 2.36. The molecule has 0 amide bonds. The lowest BCUT2D eigenvalue weighted by atomic mass is 9.87. The maximum absolute atomic E-state index is 13.6. The molecule has 1 saturated heterocycles. The molecule has 2 N–H and O–H groups in total. The quantitative estimate of drug-likeness (QED) is 0.339. The van der Waals surface area contributed by atoms with Crippen LogP contribution in [0.15, 0.2) is 85.1 Å². The highest BCUT2D eigenvalue weighted by Gasteiger charge is 2.37. The van der Waals surface area contributed by atoms with Crippen LogP contribution in [0, 0.1) is 5.92 Å². The van der Waals surface area contributed by atoms with Crippen LogP contribution in [0.3, 0.4) is 0 Å². The number of carbonyl (C=O) groups is 1. The molecule has 0 bridgehead atoms. The third kappa shape index (κ3) is 4.88. The van der Waals surface area contributed by atoms with Gasteiger partial charge in [-0.15, -0.1) is 0 Å². The Kier molecular flexibility index (Phi) is 6.98. The van der Waals surface area contributed by atoms with E-state index in [1.54, 1.807) is 13.3 Å². The lowest BCUT2D eigenvalue weighted by molar-refractivity contribution is 0.0258. The number of nitrogens with one attached hydrogen (secondary N) is 1. The number of hydrogen-bond donors (Lipinski definition) is 2. The van der Waals surface area contributed by atoms with Crippen molar-refractivity contribution in [1.82, 2.24) is 9.88 Å². The summed E-state index contributed by atoms with van der Waals surface area (Å²) in [5, 5.41) is 12.4. The molecule has 5 heteroatoms. The Labute approximate surface area is 206 Å². The molecule has 180 valence electrons. The van der Waals surface area contributed by atoms with Crippen molar-refractivity contribution in [1.29, 1.82) is 0 Å². The van der Waals surface area contributed by atoms with Crippen LogP contribution in [0.4, 0.5) is 0 Å². The van der Waals surface area contributed by atoms with Gasteiger partial charge in [0.25, 0.3) is 0 Å². The van der Waals surface area contributed by atoms with Gasteiger partial charge in [-0.05, 0) is 56.0 Å². The van der Waals surface area contributed by atoms with E-state index in [-0.39, 0.29) is 5.78 Å². The van der Waals surface area contributed by atoms with Crippen LogP contribution in [0.25, 0.3) is 10.9 Å². The predicted molar refractivity (Wildman–Crippen MR) is 139 cm³/mol. The topological polar surface area (TPSA) is 65.6 Å². The Morgan fingerprint density at radius 2 is 1.69 bits per heavy atom. The maximum atomic E-state index is 13.6. The van der Waals surface area contributed by atoms with Crippen molar-refractivity contribution in [3.63, 3.8) is 0 Å². The number of ether oxygens (including phenoxy) is 1. The summed E-state index contributed by atoms with van der Waals surface area (Å²) in [6.45, 7) is 1.64. The number of hydrogen-bond acceptors (Lipinski definition) is 4. The molecule has 1 aliphatic heterocycles. The number of rotatable bonds is 8. The summed E-state index contributed by atoms with van der Waals surface area (Å²) in [5.41, 5.74) is 3.62. The van der Waals surface area contributed by atoms with Gasteiger partial charge in [0.1, 0.15) is 11.9 Å². The molecule has 0 saturated carbocycles. The number of nitrogens with zero attached hydrogens (tertiary/aromatic N) is 1. The Balaban J connectivity index is 1.41.